The highest BCUT2D eigenvalue weighted by molar-refractivity contribution is 7.97. The Morgan fingerprint density at radius 2 is 1.10 bits per heavy atom. The molecule has 0 saturated heterocycles. The van der Waals surface area contributed by atoms with E-state index in [1.165, 1.54) is 96.1 Å². The van der Waals surface area contributed by atoms with Crippen LogP contribution in [-0.4, -0.2) is 48.1 Å². The highest BCUT2D eigenvalue weighted by Gasteiger charge is 2.32. The number of hydrogen-bond acceptors (Lipinski definition) is 6. The summed E-state index contributed by atoms with van der Waals surface area (Å²) < 4.78 is 5.40. The number of allylic oxidation sites excluding steroid dienone is 2. The van der Waals surface area contributed by atoms with Gasteiger partial charge in [-0.15, -0.1) is 0 Å². The van der Waals surface area contributed by atoms with E-state index in [2.05, 4.69) is 141 Å². The van der Waals surface area contributed by atoms with Gasteiger partial charge in [0, 0.05) is 71.7 Å². The maximum absolute atomic E-state index is 5.84. The van der Waals surface area contributed by atoms with E-state index in [-0.39, 0.29) is 0 Å². The second-order valence-corrected chi connectivity index (χ2v) is 17.1. The van der Waals surface area contributed by atoms with E-state index < -0.39 is 0 Å². The lowest BCUT2D eigenvalue weighted by Crippen LogP contribution is -2.43. The standard InChI is InChI=1S/C53H61N5S/c1-6-9-17-31-57-33-19-25-40-35-42(27-29-44(40)57)47-46(37(4)8-3)51(56-59-5)48(43-28-30-45-41(36-43)26-20-34-58(45)32-18-10-7-2)53-52(47)54-49(38-21-13-11-14-22-38)50(55-53)39-23-15-12-16-24-39/h11-16,21-24,27-30,35-36H,6-10,17-20,25-26,31-34H2,1-5H3/b46-37+,56-51+. The zero-order valence-corrected chi connectivity index (χ0v) is 36.8. The van der Waals surface area contributed by atoms with Crippen LogP contribution < -0.4 is 20.5 Å². The first-order chi connectivity index (χ1) is 29.0. The summed E-state index contributed by atoms with van der Waals surface area (Å²) in [6, 6.07) is 35.7. The maximum Gasteiger partial charge on any atom is 0.100 e. The Morgan fingerprint density at radius 1 is 0.610 bits per heavy atom. The van der Waals surface area contributed by atoms with Gasteiger partial charge in [0.15, 0.2) is 0 Å². The maximum atomic E-state index is 5.84. The molecule has 4 aromatic carbocycles. The van der Waals surface area contributed by atoms with Gasteiger partial charge in [-0.2, -0.15) is 0 Å². The second kappa shape index (κ2) is 19.0. The first-order valence-corrected chi connectivity index (χ1v) is 23.6. The molecule has 0 unspecified atom stereocenters. The molecule has 0 N–H and O–H groups in total. The molecule has 6 heteroatoms. The van der Waals surface area contributed by atoms with Crippen LogP contribution in [0.25, 0.3) is 33.7 Å². The molecule has 3 heterocycles. The van der Waals surface area contributed by atoms with Crippen molar-refractivity contribution < 1.29 is 0 Å². The number of benzene rings is 4. The van der Waals surface area contributed by atoms with Crippen molar-refractivity contribution in [2.45, 2.75) is 98.3 Å². The summed E-state index contributed by atoms with van der Waals surface area (Å²) in [5.41, 5.74) is 17.7. The Hall–Kier alpha value is -4.94. The molecule has 3 aliphatic rings. The van der Waals surface area contributed by atoms with Gasteiger partial charge in [0.25, 0.3) is 0 Å². The lowest BCUT2D eigenvalue weighted by atomic mass is 9.80. The molecular formula is C53H61N5S. The summed E-state index contributed by atoms with van der Waals surface area (Å²) in [6.45, 7) is 13.6. The highest BCUT2D eigenvalue weighted by atomic mass is 32.2. The summed E-state index contributed by atoms with van der Waals surface area (Å²) in [7, 11) is 0. The number of unbranched alkanes of at least 4 members (excludes halogenated alkanes) is 4. The number of aromatic nitrogens is 2. The quantitative estimate of drug-likeness (QED) is 0.0827. The Bertz CT molecular complexity index is 2470. The van der Waals surface area contributed by atoms with Crippen molar-refractivity contribution in [3.05, 3.63) is 141 Å². The van der Waals surface area contributed by atoms with Crippen molar-refractivity contribution in [3.63, 3.8) is 0 Å². The van der Waals surface area contributed by atoms with Gasteiger partial charge in [-0.3, -0.25) is 0 Å². The topological polar surface area (TPSA) is 44.6 Å². The summed E-state index contributed by atoms with van der Waals surface area (Å²) >= 11 is 1.54. The summed E-state index contributed by atoms with van der Waals surface area (Å²) in [4.78, 5) is 16.9. The fourth-order valence-electron chi connectivity index (χ4n) is 9.41. The van der Waals surface area contributed by atoms with E-state index in [1.54, 1.807) is 11.9 Å². The molecule has 0 radical (unpaired) electrons. The van der Waals surface area contributed by atoms with E-state index in [1.807, 2.05) is 0 Å². The number of anilines is 2. The molecule has 8 rings (SSSR count). The zero-order valence-electron chi connectivity index (χ0n) is 36.0. The van der Waals surface area contributed by atoms with Gasteiger partial charge in [0.05, 0.1) is 22.4 Å². The summed E-state index contributed by atoms with van der Waals surface area (Å²) in [5, 5.41) is 1.85. The molecule has 0 spiro atoms. The third kappa shape index (κ3) is 8.44. The smallest absolute Gasteiger partial charge is 0.100 e. The number of fused-ring (bicyclic) bond motifs is 3. The third-order valence-electron chi connectivity index (χ3n) is 12.6. The van der Waals surface area contributed by atoms with Gasteiger partial charge >= 0.3 is 0 Å². The minimum Gasteiger partial charge on any atom is -0.371 e. The molecule has 0 atom stereocenters. The molecule has 1 aromatic heterocycles. The molecule has 5 nitrogen and oxygen atoms in total. The molecule has 59 heavy (non-hydrogen) atoms. The molecule has 2 aliphatic heterocycles. The minimum absolute atomic E-state index is 0.892. The monoisotopic (exact) mass is 799 g/mol. The highest BCUT2D eigenvalue weighted by Crippen LogP contribution is 2.39. The molecule has 0 amide bonds. The lowest BCUT2D eigenvalue weighted by Gasteiger charge is -2.33. The number of hydrogen-bond donors (Lipinski definition) is 0. The Labute approximate surface area is 357 Å². The van der Waals surface area contributed by atoms with E-state index in [0.29, 0.717) is 0 Å². The molecule has 0 bridgehead atoms. The average molecular weight is 800 g/mol. The van der Waals surface area contributed by atoms with Crippen LogP contribution in [0.4, 0.5) is 11.4 Å². The first-order valence-electron chi connectivity index (χ1n) is 22.4. The first kappa shape index (κ1) is 40.8. The van der Waals surface area contributed by atoms with Crippen LogP contribution in [0.15, 0.2) is 113 Å². The van der Waals surface area contributed by atoms with Crippen molar-refractivity contribution in [3.8, 4) is 22.5 Å². The van der Waals surface area contributed by atoms with Crippen molar-refractivity contribution in [2.75, 3.05) is 42.2 Å². The Kier molecular flexibility index (Phi) is 13.1. The molecular weight excluding hydrogens is 739 g/mol. The number of nitrogens with zero attached hydrogens (tertiary/aromatic N) is 5. The molecule has 0 fully saturated rings. The van der Waals surface area contributed by atoms with Crippen LogP contribution in [0.1, 0.15) is 108 Å². The van der Waals surface area contributed by atoms with Crippen LogP contribution in [0.3, 0.4) is 0 Å². The van der Waals surface area contributed by atoms with E-state index in [9.17, 15) is 0 Å². The van der Waals surface area contributed by atoms with Gasteiger partial charge in [-0.1, -0.05) is 125 Å². The SMILES string of the molecule is CCCCCN1CCCc2cc(C3=c4nc(-c5ccccc5)c(-c5ccccc5)nc4=C(c4ccc5c(c4)CCCN5CCCCC)C(=C(/C)CC)/C3=N\SC)ccc21. The van der Waals surface area contributed by atoms with Crippen molar-refractivity contribution in [2.24, 2.45) is 4.40 Å². The number of aryl methyl sites for hydroxylation is 2. The predicted molar refractivity (Wildman–Crippen MR) is 254 cm³/mol. The summed E-state index contributed by atoms with van der Waals surface area (Å²) in [6.07, 6.45) is 15.0. The van der Waals surface area contributed by atoms with Gasteiger partial charge in [-0.05, 0) is 110 Å². The molecule has 5 aromatic rings. The van der Waals surface area contributed by atoms with Crippen LogP contribution in [0.2, 0.25) is 0 Å². The van der Waals surface area contributed by atoms with Crippen molar-refractivity contribution in [1.29, 1.82) is 0 Å². The molecule has 0 saturated carbocycles. The Balaban J connectivity index is 1.47. The van der Waals surface area contributed by atoms with E-state index in [0.717, 1.165) is 95.5 Å². The van der Waals surface area contributed by atoms with Crippen molar-refractivity contribution >= 4 is 40.2 Å². The van der Waals surface area contributed by atoms with Crippen LogP contribution in [-0.2, 0) is 12.8 Å². The normalized spacial score (nSPS) is 16.6. The Morgan fingerprint density at radius 3 is 1.58 bits per heavy atom. The van der Waals surface area contributed by atoms with Crippen LogP contribution in [0, 0.1) is 0 Å². The largest absolute Gasteiger partial charge is 0.371 e. The molecule has 1 aliphatic carbocycles. The van der Waals surface area contributed by atoms with Crippen molar-refractivity contribution in [1.82, 2.24) is 9.97 Å². The van der Waals surface area contributed by atoms with Gasteiger partial charge in [0.1, 0.15) is 5.35 Å². The van der Waals surface area contributed by atoms with E-state index >= 15 is 0 Å². The van der Waals surface area contributed by atoms with Gasteiger partial charge < -0.3 is 9.80 Å². The fourth-order valence-corrected chi connectivity index (χ4v) is 9.78. The fraction of sp³-hybridized carbons (Fsp3) is 0.377. The van der Waals surface area contributed by atoms with E-state index in [4.69, 9.17) is 14.4 Å². The zero-order chi connectivity index (χ0) is 40.7. The van der Waals surface area contributed by atoms with Gasteiger partial charge in [-0.25, -0.2) is 14.4 Å². The average Bonchev–Trinajstić information content (AvgIpc) is 3.28. The number of rotatable bonds is 14. The summed E-state index contributed by atoms with van der Waals surface area (Å²) in [5.74, 6) is 0. The third-order valence-corrected chi connectivity index (χ3v) is 12.9. The van der Waals surface area contributed by atoms with Gasteiger partial charge in [0.2, 0.25) is 0 Å². The second-order valence-electron chi connectivity index (χ2n) is 16.5. The minimum atomic E-state index is 0.892. The lowest BCUT2D eigenvalue weighted by molar-refractivity contribution is 0.638. The van der Waals surface area contributed by atoms with Crippen LogP contribution >= 0.6 is 11.9 Å². The van der Waals surface area contributed by atoms with Crippen LogP contribution in [0.5, 0.6) is 0 Å². The molecule has 304 valence electrons. The predicted octanol–water partition coefficient (Wildman–Crippen LogP) is 11.6.